The van der Waals surface area contributed by atoms with Crippen LogP contribution >= 0.6 is 0 Å². The number of amidine groups is 1. The second kappa shape index (κ2) is 6.34. The molecule has 0 saturated carbocycles. The standard InChI is InChI=1S/C19H17N5O2/c1-2-15-12(3-5-22-19(15)26-14-4-8-25-11-14)9-13(1)24-18-17-16(10-23-18)20-6-7-21-17/h1-3,5-7,9,14H,4,8,10-11H2,(H,23,24)/t14-/m0/s1. The largest absolute Gasteiger partial charge is 0.471 e. The highest BCUT2D eigenvalue weighted by molar-refractivity contribution is 6.09. The zero-order valence-electron chi connectivity index (χ0n) is 14.1. The van der Waals surface area contributed by atoms with Crippen LogP contribution in [0.3, 0.4) is 0 Å². The molecular weight excluding hydrogens is 330 g/mol. The number of fused-ring (bicyclic) bond motifs is 2. The number of benzene rings is 1. The lowest BCUT2D eigenvalue weighted by Gasteiger charge is -2.13. The van der Waals surface area contributed by atoms with E-state index in [1.807, 2.05) is 18.2 Å². The molecule has 2 aromatic heterocycles. The van der Waals surface area contributed by atoms with Crippen LogP contribution in [-0.2, 0) is 11.3 Å². The first kappa shape index (κ1) is 15.2. The van der Waals surface area contributed by atoms with Gasteiger partial charge in [-0.1, -0.05) is 0 Å². The Balaban J connectivity index is 1.42. The molecule has 0 radical (unpaired) electrons. The topological polar surface area (TPSA) is 81.5 Å². The van der Waals surface area contributed by atoms with E-state index in [0.29, 0.717) is 19.0 Å². The van der Waals surface area contributed by atoms with Crippen LogP contribution in [0.25, 0.3) is 10.8 Å². The Hall–Kier alpha value is -3.06. The highest BCUT2D eigenvalue weighted by atomic mass is 16.5. The first-order chi connectivity index (χ1) is 12.9. The molecule has 1 aromatic carbocycles. The van der Waals surface area contributed by atoms with E-state index in [1.165, 1.54) is 0 Å². The summed E-state index contributed by atoms with van der Waals surface area (Å²) < 4.78 is 11.4. The number of pyridine rings is 1. The summed E-state index contributed by atoms with van der Waals surface area (Å²) in [5, 5.41) is 5.39. The van der Waals surface area contributed by atoms with E-state index < -0.39 is 0 Å². The van der Waals surface area contributed by atoms with Gasteiger partial charge in [0.15, 0.2) is 5.84 Å². The van der Waals surface area contributed by atoms with Gasteiger partial charge in [-0.25, -0.2) is 9.97 Å². The summed E-state index contributed by atoms with van der Waals surface area (Å²) in [4.78, 5) is 17.6. The zero-order valence-corrected chi connectivity index (χ0v) is 14.1. The molecule has 130 valence electrons. The maximum absolute atomic E-state index is 6.01. The number of nitrogens with one attached hydrogen (secondary N) is 1. The van der Waals surface area contributed by atoms with Crippen molar-refractivity contribution in [1.82, 2.24) is 15.0 Å². The fourth-order valence-electron chi connectivity index (χ4n) is 3.23. The van der Waals surface area contributed by atoms with Gasteiger partial charge >= 0.3 is 0 Å². The minimum absolute atomic E-state index is 0.0776. The van der Waals surface area contributed by atoms with E-state index in [-0.39, 0.29) is 6.10 Å². The summed E-state index contributed by atoms with van der Waals surface area (Å²) in [6, 6.07) is 8.05. The maximum atomic E-state index is 6.01. The third kappa shape index (κ3) is 2.76. The molecule has 0 spiro atoms. The molecule has 7 nitrogen and oxygen atoms in total. The van der Waals surface area contributed by atoms with Crippen molar-refractivity contribution in [3.63, 3.8) is 0 Å². The first-order valence-corrected chi connectivity index (χ1v) is 8.62. The molecule has 1 atom stereocenters. The van der Waals surface area contributed by atoms with Crippen LogP contribution in [0.4, 0.5) is 5.69 Å². The van der Waals surface area contributed by atoms with Crippen molar-refractivity contribution in [2.75, 3.05) is 18.5 Å². The summed E-state index contributed by atoms with van der Waals surface area (Å²) in [5.41, 5.74) is 2.65. The highest BCUT2D eigenvalue weighted by Gasteiger charge is 2.20. The van der Waals surface area contributed by atoms with E-state index in [1.54, 1.807) is 18.6 Å². The van der Waals surface area contributed by atoms with Crippen molar-refractivity contribution in [3.8, 4) is 5.88 Å². The van der Waals surface area contributed by atoms with Crippen LogP contribution in [0.15, 0.2) is 47.8 Å². The van der Waals surface area contributed by atoms with Crippen LogP contribution in [0.2, 0.25) is 0 Å². The predicted octanol–water partition coefficient (Wildman–Crippen LogP) is 2.56. The lowest BCUT2D eigenvalue weighted by atomic mass is 10.1. The summed E-state index contributed by atoms with van der Waals surface area (Å²) in [6.07, 6.45) is 6.12. The van der Waals surface area contributed by atoms with Crippen LogP contribution in [0.1, 0.15) is 17.8 Å². The number of hydrogen-bond acceptors (Lipinski definition) is 7. The van der Waals surface area contributed by atoms with Crippen LogP contribution in [0.5, 0.6) is 5.88 Å². The molecule has 26 heavy (non-hydrogen) atoms. The first-order valence-electron chi connectivity index (χ1n) is 8.62. The molecule has 2 aliphatic heterocycles. The van der Waals surface area contributed by atoms with Crippen molar-refractivity contribution in [1.29, 1.82) is 0 Å². The molecule has 1 saturated heterocycles. The van der Waals surface area contributed by atoms with Crippen molar-refractivity contribution < 1.29 is 9.47 Å². The molecule has 2 aliphatic rings. The van der Waals surface area contributed by atoms with E-state index >= 15 is 0 Å². The molecular formula is C19H17N5O2. The Morgan fingerprint density at radius 2 is 2.04 bits per heavy atom. The molecule has 1 N–H and O–H groups in total. The Kier molecular flexibility index (Phi) is 3.71. The fourth-order valence-corrected chi connectivity index (χ4v) is 3.23. The molecule has 0 amide bonds. The molecule has 4 heterocycles. The van der Waals surface area contributed by atoms with Crippen LogP contribution in [-0.4, -0.2) is 40.1 Å². The number of nitrogens with zero attached hydrogens (tertiary/aromatic N) is 4. The Morgan fingerprint density at radius 3 is 2.96 bits per heavy atom. The van der Waals surface area contributed by atoms with Gasteiger partial charge in [0.1, 0.15) is 11.8 Å². The Bertz CT molecular complexity index is 998. The van der Waals surface area contributed by atoms with Crippen molar-refractivity contribution in [2.24, 2.45) is 4.99 Å². The van der Waals surface area contributed by atoms with Crippen molar-refractivity contribution in [3.05, 3.63) is 54.2 Å². The average Bonchev–Trinajstić information content (AvgIpc) is 3.32. The minimum Gasteiger partial charge on any atom is -0.471 e. The van der Waals surface area contributed by atoms with Gasteiger partial charge in [0, 0.05) is 36.1 Å². The average molecular weight is 347 g/mol. The van der Waals surface area contributed by atoms with Gasteiger partial charge in [0.05, 0.1) is 25.5 Å². The van der Waals surface area contributed by atoms with Gasteiger partial charge in [0.2, 0.25) is 5.88 Å². The van der Waals surface area contributed by atoms with Gasteiger partial charge in [0.25, 0.3) is 0 Å². The smallest absolute Gasteiger partial charge is 0.221 e. The van der Waals surface area contributed by atoms with Gasteiger partial charge in [-0.05, 0) is 29.7 Å². The second-order valence-electron chi connectivity index (χ2n) is 6.30. The quantitative estimate of drug-likeness (QED) is 0.784. The number of ether oxygens (including phenoxy) is 2. The van der Waals surface area contributed by atoms with Crippen molar-refractivity contribution in [2.45, 2.75) is 19.1 Å². The van der Waals surface area contributed by atoms with Gasteiger partial charge in [-0.2, -0.15) is 0 Å². The predicted molar refractivity (Wildman–Crippen MR) is 97.5 cm³/mol. The number of rotatable bonds is 3. The molecule has 7 heteroatoms. The monoisotopic (exact) mass is 347 g/mol. The number of anilines is 1. The molecule has 5 rings (SSSR count). The maximum Gasteiger partial charge on any atom is 0.221 e. The summed E-state index contributed by atoms with van der Waals surface area (Å²) in [5.74, 6) is 1.40. The fraction of sp³-hybridized carbons (Fsp3) is 0.263. The Labute approximate surface area is 150 Å². The third-order valence-corrected chi connectivity index (χ3v) is 4.54. The number of aliphatic imine (C=N–C) groups is 1. The number of aromatic nitrogens is 3. The SMILES string of the molecule is c1cnc2c(n1)CN=C2Nc1ccc2c(O[C@H]3CCOC3)nccc2c1. The zero-order chi connectivity index (χ0) is 17.3. The highest BCUT2D eigenvalue weighted by Crippen LogP contribution is 2.28. The molecule has 0 bridgehead atoms. The molecule has 0 aliphatic carbocycles. The Morgan fingerprint density at radius 1 is 1.08 bits per heavy atom. The molecule has 3 aromatic rings. The summed E-state index contributed by atoms with van der Waals surface area (Å²) in [7, 11) is 0. The molecule has 1 fully saturated rings. The van der Waals surface area contributed by atoms with E-state index in [4.69, 9.17) is 9.47 Å². The van der Waals surface area contributed by atoms with Gasteiger partial charge in [-0.15, -0.1) is 0 Å². The van der Waals surface area contributed by atoms with E-state index in [2.05, 4.69) is 31.3 Å². The second-order valence-corrected chi connectivity index (χ2v) is 6.30. The molecule has 0 unspecified atom stereocenters. The normalized spacial score (nSPS) is 18.6. The summed E-state index contributed by atoms with van der Waals surface area (Å²) >= 11 is 0. The number of hydrogen-bond donors (Lipinski definition) is 1. The van der Waals surface area contributed by atoms with Gasteiger partial charge in [-0.3, -0.25) is 9.98 Å². The van der Waals surface area contributed by atoms with E-state index in [0.717, 1.165) is 46.7 Å². The lowest BCUT2D eigenvalue weighted by Crippen LogP contribution is -2.16. The van der Waals surface area contributed by atoms with Crippen LogP contribution in [0, 0.1) is 0 Å². The lowest BCUT2D eigenvalue weighted by molar-refractivity contribution is 0.139. The van der Waals surface area contributed by atoms with E-state index in [9.17, 15) is 0 Å². The van der Waals surface area contributed by atoms with Crippen LogP contribution < -0.4 is 10.1 Å². The third-order valence-electron chi connectivity index (χ3n) is 4.54. The summed E-state index contributed by atoms with van der Waals surface area (Å²) in [6.45, 7) is 1.93. The van der Waals surface area contributed by atoms with Gasteiger partial charge < -0.3 is 14.8 Å². The minimum atomic E-state index is 0.0776. The van der Waals surface area contributed by atoms with Crippen molar-refractivity contribution >= 4 is 22.3 Å².